The van der Waals surface area contributed by atoms with Crippen LogP contribution in [-0.4, -0.2) is 52.5 Å². The second-order valence-electron chi connectivity index (χ2n) is 6.18. The largest absolute Gasteiger partial charge is 0.478 e. The summed E-state index contributed by atoms with van der Waals surface area (Å²) in [6, 6.07) is 13.3. The highest BCUT2D eigenvalue weighted by atomic mass is 16.5. The number of hydrogen-bond donors (Lipinski definition) is 2. The van der Waals surface area contributed by atoms with Crippen LogP contribution in [0.25, 0.3) is 22.2 Å². The van der Waals surface area contributed by atoms with Crippen LogP contribution in [0.5, 0.6) is 0 Å². The predicted octanol–water partition coefficient (Wildman–Crippen LogP) is 2.76. The van der Waals surface area contributed by atoms with Gasteiger partial charge in [0.15, 0.2) is 0 Å². The fourth-order valence-corrected chi connectivity index (χ4v) is 3.25. The van der Waals surface area contributed by atoms with Crippen molar-refractivity contribution >= 4 is 16.9 Å². The van der Waals surface area contributed by atoms with Gasteiger partial charge in [0.05, 0.1) is 24.3 Å². The molecule has 2 N–H and O–H groups in total. The molecule has 6 nitrogen and oxygen atoms in total. The Morgan fingerprint density at radius 2 is 2.00 bits per heavy atom. The quantitative estimate of drug-likeness (QED) is 0.765. The van der Waals surface area contributed by atoms with Crippen LogP contribution in [-0.2, 0) is 11.3 Å². The van der Waals surface area contributed by atoms with Crippen LogP contribution < -0.4 is 0 Å². The molecule has 1 aliphatic heterocycles. The van der Waals surface area contributed by atoms with Crippen molar-refractivity contribution in [3.05, 3.63) is 53.6 Å². The number of morpholine rings is 1. The number of aromatic nitrogens is 2. The van der Waals surface area contributed by atoms with E-state index in [0.717, 1.165) is 55.0 Å². The zero-order chi connectivity index (χ0) is 17.2. The van der Waals surface area contributed by atoms with Crippen molar-refractivity contribution in [2.24, 2.45) is 0 Å². The molecule has 1 aliphatic rings. The third-order valence-corrected chi connectivity index (χ3v) is 4.58. The van der Waals surface area contributed by atoms with Gasteiger partial charge >= 0.3 is 5.97 Å². The molecular weight excluding hydrogens is 318 g/mol. The number of carboxylic acids is 1. The molecule has 0 saturated carbocycles. The number of hydrogen-bond acceptors (Lipinski definition) is 4. The first-order valence-corrected chi connectivity index (χ1v) is 8.32. The number of carbonyl (C=O) groups is 1. The minimum Gasteiger partial charge on any atom is -0.478 e. The Kier molecular flexibility index (Phi) is 4.21. The summed E-state index contributed by atoms with van der Waals surface area (Å²) in [5, 5.41) is 17.5. The molecule has 3 aromatic rings. The SMILES string of the molecule is O=C(O)c1ccc2c(-c3ccccc3CN3CCOCC3)n[nH]c2c1. The van der Waals surface area contributed by atoms with Crippen LogP contribution in [0.1, 0.15) is 15.9 Å². The van der Waals surface area contributed by atoms with Crippen molar-refractivity contribution in [2.45, 2.75) is 6.54 Å². The van der Waals surface area contributed by atoms with Gasteiger partial charge in [-0.25, -0.2) is 4.79 Å². The average Bonchev–Trinajstić information content (AvgIpc) is 3.06. The van der Waals surface area contributed by atoms with Gasteiger partial charge in [0.25, 0.3) is 0 Å². The number of ether oxygens (including phenoxy) is 1. The molecule has 0 bridgehead atoms. The summed E-state index contributed by atoms with van der Waals surface area (Å²) >= 11 is 0. The zero-order valence-corrected chi connectivity index (χ0v) is 13.7. The van der Waals surface area contributed by atoms with Crippen molar-refractivity contribution in [1.82, 2.24) is 15.1 Å². The molecule has 1 aromatic heterocycles. The predicted molar refractivity (Wildman–Crippen MR) is 94.6 cm³/mol. The van der Waals surface area contributed by atoms with Gasteiger partial charge in [0.1, 0.15) is 5.69 Å². The number of nitrogens with one attached hydrogen (secondary N) is 1. The summed E-state index contributed by atoms with van der Waals surface area (Å²) in [7, 11) is 0. The fraction of sp³-hybridized carbons (Fsp3) is 0.263. The Hall–Kier alpha value is -2.70. The lowest BCUT2D eigenvalue weighted by atomic mass is 10.0. The van der Waals surface area contributed by atoms with Gasteiger partial charge in [-0.3, -0.25) is 10.00 Å². The Morgan fingerprint density at radius 3 is 2.80 bits per heavy atom. The third-order valence-electron chi connectivity index (χ3n) is 4.58. The normalized spacial score (nSPS) is 15.5. The molecule has 128 valence electrons. The standard InChI is InChI=1S/C19H19N3O3/c23-19(24)13-5-6-16-17(11-13)20-21-18(16)15-4-2-1-3-14(15)12-22-7-9-25-10-8-22/h1-6,11H,7-10,12H2,(H,20,21)(H,23,24). The molecule has 2 heterocycles. The first-order valence-electron chi connectivity index (χ1n) is 8.32. The molecule has 0 amide bonds. The summed E-state index contributed by atoms with van der Waals surface area (Å²) in [4.78, 5) is 13.5. The number of nitrogens with zero attached hydrogens (tertiary/aromatic N) is 2. The molecule has 0 spiro atoms. The van der Waals surface area contributed by atoms with Crippen LogP contribution >= 0.6 is 0 Å². The number of rotatable bonds is 4. The zero-order valence-electron chi connectivity index (χ0n) is 13.7. The highest BCUT2D eigenvalue weighted by molar-refractivity contribution is 5.98. The van der Waals surface area contributed by atoms with E-state index in [2.05, 4.69) is 27.2 Å². The summed E-state index contributed by atoms with van der Waals surface area (Å²) in [5.41, 5.74) is 4.12. The second kappa shape index (κ2) is 6.66. The van der Waals surface area contributed by atoms with Gasteiger partial charge in [-0.1, -0.05) is 24.3 Å². The number of carboxylic acid groups (broad SMARTS) is 1. The molecule has 6 heteroatoms. The maximum Gasteiger partial charge on any atom is 0.335 e. The summed E-state index contributed by atoms with van der Waals surface area (Å²) in [6.45, 7) is 4.24. The van der Waals surface area contributed by atoms with Crippen molar-refractivity contribution < 1.29 is 14.6 Å². The number of aromatic amines is 1. The van der Waals surface area contributed by atoms with Crippen molar-refractivity contribution in [3.8, 4) is 11.3 Å². The monoisotopic (exact) mass is 337 g/mol. The van der Waals surface area contributed by atoms with E-state index in [-0.39, 0.29) is 5.56 Å². The van der Waals surface area contributed by atoms with Gasteiger partial charge in [-0.2, -0.15) is 5.10 Å². The van der Waals surface area contributed by atoms with Crippen LogP contribution in [0.4, 0.5) is 0 Å². The molecular formula is C19H19N3O3. The Bertz CT molecular complexity index is 913. The van der Waals surface area contributed by atoms with Gasteiger partial charge in [-0.15, -0.1) is 0 Å². The smallest absolute Gasteiger partial charge is 0.335 e. The summed E-state index contributed by atoms with van der Waals surface area (Å²) < 4.78 is 5.42. The second-order valence-corrected chi connectivity index (χ2v) is 6.18. The van der Waals surface area contributed by atoms with Crippen LogP contribution in [0.15, 0.2) is 42.5 Å². The molecule has 0 atom stereocenters. The molecule has 4 rings (SSSR count). The highest BCUT2D eigenvalue weighted by Gasteiger charge is 2.16. The molecule has 0 aliphatic carbocycles. The maximum absolute atomic E-state index is 11.1. The number of fused-ring (bicyclic) bond motifs is 1. The third kappa shape index (κ3) is 3.14. The lowest BCUT2D eigenvalue weighted by molar-refractivity contribution is 0.0342. The van der Waals surface area contributed by atoms with E-state index in [4.69, 9.17) is 9.84 Å². The van der Waals surface area contributed by atoms with Crippen molar-refractivity contribution in [1.29, 1.82) is 0 Å². The lowest BCUT2D eigenvalue weighted by Crippen LogP contribution is -2.35. The van der Waals surface area contributed by atoms with E-state index in [0.29, 0.717) is 0 Å². The number of benzene rings is 2. The summed E-state index contributed by atoms with van der Waals surface area (Å²) in [5.74, 6) is -0.939. The van der Waals surface area contributed by atoms with E-state index in [1.54, 1.807) is 12.1 Å². The fourth-order valence-electron chi connectivity index (χ4n) is 3.25. The molecule has 1 fully saturated rings. The Balaban J connectivity index is 1.72. The van der Waals surface area contributed by atoms with E-state index >= 15 is 0 Å². The van der Waals surface area contributed by atoms with Gasteiger partial charge < -0.3 is 9.84 Å². The minimum absolute atomic E-state index is 0.254. The minimum atomic E-state index is -0.939. The van der Waals surface area contributed by atoms with E-state index < -0.39 is 5.97 Å². The number of H-pyrrole nitrogens is 1. The van der Waals surface area contributed by atoms with E-state index in [1.807, 2.05) is 18.2 Å². The van der Waals surface area contributed by atoms with Crippen molar-refractivity contribution in [3.63, 3.8) is 0 Å². The Morgan fingerprint density at radius 1 is 1.20 bits per heavy atom. The number of aromatic carboxylic acids is 1. The van der Waals surface area contributed by atoms with E-state index in [9.17, 15) is 4.79 Å². The van der Waals surface area contributed by atoms with Crippen LogP contribution in [0.3, 0.4) is 0 Å². The van der Waals surface area contributed by atoms with Crippen LogP contribution in [0, 0.1) is 0 Å². The molecule has 25 heavy (non-hydrogen) atoms. The Labute approximate surface area is 145 Å². The van der Waals surface area contributed by atoms with Crippen molar-refractivity contribution in [2.75, 3.05) is 26.3 Å². The lowest BCUT2D eigenvalue weighted by Gasteiger charge is -2.27. The molecule has 1 saturated heterocycles. The maximum atomic E-state index is 11.1. The first kappa shape index (κ1) is 15.8. The average molecular weight is 337 g/mol. The first-order chi connectivity index (χ1) is 12.2. The van der Waals surface area contributed by atoms with Crippen LogP contribution in [0.2, 0.25) is 0 Å². The molecule has 2 aromatic carbocycles. The van der Waals surface area contributed by atoms with E-state index in [1.165, 1.54) is 5.56 Å². The van der Waals surface area contributed by atoms with Gasteiger partial charge in [0, 0.05) is 30.6 Å². The topological polar surface area (TPSA) is 78.4 Å². The summed E-state index contributed by atoms with van der Waals surface area (Å²) in [6.07, 6.45) is 0. The molecule has 0 unspecified atom stereocenters. The molecule has 0 radical (unpaired) electrons. The highest BCUT2D eigenvalue weighted by Crippen LogP contribution is 2.30. The van der Waals surface area contributed by atoms with Gasteiger partial charge in [0.2, 0.25) is 0 Å². The van der Waals surface area contributed by atoms with Gasteiger partial charge in [-0.05, 0) is 23.8 Å².